The van der Waals surface area contributed by atoms with Crippen LogP contribution in [0.2, 0.25) is 0 Å². The highest BCUT2D eigenvalue weighted by atomic mass is 16.5. The van der Waals surface area contributed by atoms with Crippen molar-refractivity contribution >= 4 is 0 Å². The Morgan fingerprint density at radius 2 is 2.00 bits per heavy atom. The van der Waals surface area contributed by atoms with Gasteiger partial charge in [0.2, 0.25) is 11.7 Å². The van der Waals surface area contributed by atoms with E-state index in [0.717, 1.165) is 12.2 Å². The molecule has 6 nitrogen and oxygen atoms in total. The van der Waals surface area contributed by atoms with Gasteiger partial charge in [-0.1, -0.05) is 23.4 Å². The van der Waals surface area contributed by atoms with Gasteiger partial charge in [-0.05, 0) is 24.5 Å². The van der Waals surface area contributed by atoms with E-state index in [1.807, 2.05) is 18.2 Å². The number of nitrogens with two attached hydrogens (primary N) is 1. The predicted octanol–water partition coefficient (Wildman–Crippen LogP) is 1.71. The quantitative estimate of drug-likeness (QED) is 0.905. The molecule has 0 saturated carbocycles. The molecule has 1 aromatic heterocycles. The summed E-state index contributed by atoms with van der Waals surface area (Å²) in [5.41, 5.74) is 6.95. The monoisotopic (exact) mass is 287 g/mol. The van der Waals surface area contributed by atoms with Crippen molar-refractivity contribution in [2.45, 2.75) is 30.9 Å². The number of nitrogens with zero attached hydrogens (tertiary/aromatic N) is 2. The second kappa shape index (κ2) is 4.82. The van der Waals surface area contributed by atoms with E-state index in [1.54, 1.807) is 0 Å². The van der Waals surface area contributed by atoms with Crippen LogP contribution in [-0.4, -0.2) is 23.4 Å². The van der Waals surface area contributed by atoms with E-state index in [1.165, 1.54) is 5.56 Å². The highest BCUT2D eigenvalue weighted by Crippen LogP contribution is 2.36. The second-order valence-corrected chi connectivity index (χ2v) is 5.64. The van der Waals surface area contributed by atoms with Crippen LogP contribution in [0.1, 0.15) is 36.2 Å². The number of fused-ring (bicyclic) bond motifs is 1. The van der Waals surface area contributed by atoms with Gasteiger partial charge in [0.05, 0.1) is 0 Å². The Balaban J connectivity index is 1.56. The SMILES string of the molecule is NC1(c2nc(C3Cc4ccccc4O3)no2)CCOCC1. The van der Waals surface area contributed by atoms with E-state index in [0.29, 0.717) is 37.8 Å². The Bertz CT molecular complexity index is 624. The minimum atomic E-state index is -0.574. The largest absolute Gasteiger partial charge is 0.482 e. The van der Waals surface area contributed by atoms with Crippen molar-refractivity contribution in [3.05, 3.63) is 41.5 Å². The number of para-hydroxylation sites is 1. The van der Waals surface area contributed by atoms with Gasteiger partial charge in [0.15, 0.2) is 6.10 Å². The van der Waals surface area contributed by atoms with Crippen LogP contribution in [0.4, 0.5) is 0 Å². The van der Waals surface area contributed by atoms with E-state index in [9.17, 15) is 0 Å². The van der Waals surface area contributed by atoms with Crippen LogP contribution < -0.4 is 10.5 Å². The number of ether oxygens (including phenoxy) is 2. The minimum Gasteiger partial charge on any atom is -0.482 e. The number of benzene rings is 1. The summed E-state index contributed by atoms with van der Waals surface area (Å²) >= 11 is 0. The number of hydrogen-bond donors (Lipinski definition) is 1. The van der Waals surface area contributed by atoms with Crippen molar-refractivity contribution in [3.63, 3.8) is 0 Å². The summed E-state index contributed by atoms with van der Waals surface area (Å²) in [6.07, 6.45) is 1.96. The van der Waals surface area contributed by atoms with Crippen LogP contribution in [-0.2, 0) is 16.7 Å². The van der Waals surface area contributed by atoms with Crippen molar-refractivity contribution in [2.24, 2.45) is 5.73 Å². The standard InChI is InChI=1S/C15H17N3O3/c16-15(5-7-19-8-6-15)14-17-13(18-21-14)12-9-10-3-1-2-4-11(10)20-12/h1-4,12H,5-9,16H2. The molecule has 2 aromatic rings. The molecule has 6 heteroatoms. The van der Waals surface area contributed by atoms with E-state index in [4.69, 9.17) is 19.7 Å². The van der Waals surface area contributed by atoms with Gasteiger partial charge in [0, 0.05) is 19.6 Å². The number of aromatic nitrogens is 2. The molecule has 1 fully saturated rings. The summed E-state index contributed by atoms with van der Waals surface area (Å²) < 4.78 is 16.6. The van der Waals surface area contributed by atoms with Gasteiger partial charge < -0.3 is 19.7 Å². The summed E-state index contributed by atoms with van der Waals surface area (Å²) in [4.78, 5) is 4.49. The van der Waals surface area contributed by atoms with Crippen molar-refractivity contribution < 1.29 is 14.0 Å². The molecule has 1 unspecified atom stereocenters. The molecule has 2 aliphatic rings. The van der Waals surface area contributed by atoms with E-state index >= 15 is 0 Å². The maximum atomic E-state index is 6.36. The molecule has 1 saturated heterocycles. The average Bonchev–Trinajstić information content (AvgIpc) is 3.15. The highest BCUT2D eigenvalue weighted by molar-refractivity contribution is 5.37. The average molecular weight is 287 g/mol. The molecule has 2 N–H and O–H groups in total. The molecule has 0 radical (unpaired) electrons. The van der Waals surface area contributed by atoms with Gasteiger partial charge in [-0.25, -0.2) is 0 Å². The lowest BCUT2D eigenvalue weighted by Gasteiger charge is -2.29. The molecule has 0 aliphatic carbocycles. The van der Waals surface area contributed by atoms with Gasteiger partial charge >= 0.3 is 0 Å². The van der Waals surface area contributed by atoms with Crippen LogP contribution in [0.15, 0.2) is 28.8 Å². The molecule has 0 spiro atoms. The lowest BCUT2D eigenvalue weighted by molar-refractivity contribution is 0.0400. The smallest absolute Gasteiger partial charge is 0.247 e. The Labute approximate surface area is 122 Å². The molecule has 1 aromatic carbocycles. The third kappa shape index (κ3) is 2.20. The van der Waals surface area contributed by atoms with E-state index in [-0.39, 0.29) is 6.10 Å². The molecule has 110 valence electrons. The Kier molecular flexibility index (Phi) is 2.94. The summed E-state index contributed by atoms with van der Waals surface area (Å²) in [6, 6.07) is 7.97. The highest BCUT2D eigenvalue weighted by Gasteiger charge is 2.37. The first kappa shape index (κ1) is 12.8. The Morgan fingerprint density at radius 1 is 1.19 bits per heavy atom. The fourth-order valence-corrected chi connectivity index (χ4v) is 2.84. The molecule has 1 atom stereocenters. The van der Waals surface area contributed by atoms with Gasteiger partial charge in [-0.3, -0.25) is 0 Å². The molecular formula is C15H17N3O3. The molecule has 4 rings (SSSR count). The number of hydrogen-bond acceptors (Lipinski definition) is 6. The lowest BCUT2D eigenvalue weighted by atomic mass is 9.91. The summed E-state index contributed by atoms with van der Waals surface area (Å²) in [7, 11) is 0. The maximum absolute atomic E-state index is 6.36. The molecule has 2 aliphatic heterocycles. The van der Waals surface area contributed by atoms with E-state index < -0.39 is 5.54 Å². The zero-order chi connectivity index (χ0) is 14.3. The van der Waals surface area contributed by atoms with Gasteiger partial charge in [0.1, 0.15) is 11.3 Å². The predicted molar refractivity (Wildman–Crippen MR) is 73.7 cm³/mol. The van der Waals surface area contributed by atoms with Gasteiger partial charge in [-0.15, -0.1) is 0 Å². The fraction of sp³-hybridized carbons (Fsp3) is 0.467. The molecule has 0 bridgehead atoms. The van der Waals surface area contributed by atoms with Crippen LogP contribution in [0.25, 0.3) is 0 Å². The van der Waals surface area contributed by atoms with Crippen molar-refractivity contribution in [1.82, 2.24) is 10.1 Å². The molecular weight excluding hydrogens is 270 g/mol. The summed E-state index contributed by atoms with van der Waals surface area (Å²) in [5.74, 6) is 1.94. The zero-order valence-electron chi connectivity index (χ0n) is 11.6. The number of rotatable bonds is 2. The minimum absolute atomic E-state index is 0.191. The molecule has 21 heavy (non-hydrogen) atoms. The zero-order valence-corrected chi connectivity index (χ0v) is 11.6. The van der Waals surface area contributed by atoms with Crippen LogP contribution in [0, 0.1) is 0 Å². The van der Waals surface area contributed by atoms with E-state index in [2.05, 4.69) is 16.2 Å². The van der Waals surface area contributed by atoms with Crippen LogP contribution in [0.5, 0.6) is 5.75 Å². The van der Waals surface area contributed by atoms with Crippen molar-refractivity contribution in [3.8, 4) is 5.75 Å². The van der Waals surface area contributed by atoms with Crippen LogP contribution in [0.3, 0.4) is 0 Å². The van der Waals surface area contributed by atoms with Crippen molar-refractivity contribution in [1.29, 1.82) is 0 Å². The normalized spacial score (nSPS) is 23.6. The van der Waals surface area contributed by atoms with Crippen LogP contribution >= 0.6 is 0 Å². The van der Waals surface area contributed by atoms with Crippen molar-refractivity contribution in [2.75, 3.05) is 13.2 Å². The first-order valence-electron chi connectivity index (χ1n) is 7.20. The third-order valence-corrected chi connectivity index (χ3v) is 4.19. The van der Waals surface area contributed by atoms with Gasteiger partial charge in [0.25, 0.3) is 0 Å². The third-order valence-electron chi connectivity index (χ3n) is 4.19. The lowest BCUT2D eigenvalue weighted by Crippen LogP contribution is -2.42. The topological polar surface area (TPSA) is 83.4 Å². The summed E-state index contributed by atoms with van der Waals surface area (Å²) in [5, 5.41) is 4.07. The first-order valence-corrected chi connectivity index (χ1v) is 7.20. The first-order chi connectivity index (χ1) is 10.2. The summed E-state index contributed by atoms with van der Waals surface area (Å²) in [6.45, 7) is 1.25. The fourth-order valence-electron chi connectivity index (χ4n) is 2.84. The molecule has 0 amide bonds. The Morgan fingerprint density at radius 3 is 2.81 bits per heavy atom. The van der Waals surface area contributed by atoms with Gasteiger partial charge in [-0.2, -0.15) is 4.98 Å². The second-order valence-electron chi connectivity index (χ2n) is 5.64. The Hall–Kier alpha value is -1.92. The molecule has 3 heterocycles. The maximum Gasteiger partial charge on any atom is 0.247 e.